The van der Waals surface area contributed by atoms with Gasteiger partial charge in [-0.05, 0) is 6.92 Å². The van der Waals surface area contributed by atoms with E-state index in [-0.39, 0.29) is 24.0 Å². The third-order valence-corrected chi connectivity index (χ3v) is 1.06. The topological polar surface area (TPSA) is 0 Å². The average molecular weight is 220 g/mol. The Morgan fingerprint density at radius 1 is 1.38 bits per heavy atom. The summed E-state index contributed by atoms with van der Waals surface area (Å²) in [5.74, 6) is 0. The second-order valence-electron chi connectivity index (χ2n) is 1.97. The van der Waals surface area contributed by atoms with Gasteiger partial charge in [-0.1, -0.05) is 0 Å². The van der Waals surface area contributed by atoms with E-state index in [1.807, 2.05) is 0 Å². The van der Waals surface area contributed by atoms with E-state index in [1.165, 1.54) is 11.1 Å². The second-order valence-corrected chi connectivity index (χ2v) is 1.97. The Balaban J connectivity index is 0.000000490. The number of hydrogen-bond acceptors (Lipinski definition) is 0. The highest BCUT2D eigenvalue weighted by Crippen LogP contribution is 2.13. The van der Waals surface area contributed by atoms with Crippen LogP contribution in [0.5, 0.6) is 0 Å². The van der Waals surface area contributed by atoms with Gasteiger partial charge in [-0.25, -0.2) is 0 Å². The minimum atomic E-state index is 0. The molecule has 8 heavy (non-hydrogen) atoms. The number of allylic oxidation sites excluding steroid dienone is 4. The van der Waals surface area contributed by atoms with E-state index < -0.39 is 0 Å². The van der Waals surface area contributed by atoms with Crippen LogP contribution in [0, 0.1) is 6.42 Å². The zero-order valence-corrected chi connectivity index (χ0v) is 7.27. The van der Waals surface area contributed by atoms with Crippen molar-refractivity contribution in [2.45, 2.75) is 13.8 Å². The van der Waals surface area contributed by atoms with Crippen molar-refractivity contribution in [2.75, 3.05) is 0 Å². The zero-order valence-electron chi connectivity index (χ0n) is 5.11. The van der Waals surface area contributed by atoms with Crippen LogP contribution in [0.3, 0.4) is 0 Å². The quantitative estimate of drug-likeness (QED) is 0.366. The Hall–Kier alpha value is 0.0800. The molecule has 0 aromatic rings. The van der Waals surface area contributed by atoms with Crippen molar-refractivity contribution in [3.63, 3.8) is 0 Å². The Bertz CT molecular complexity index is 131. The Morgan fingerprint density at radius 3 is 2.12 bits per heavy atom. The smallest absolute Gasteiger partial charge is 0.0903 e. The van der Waals surface area contributed by atoms with E-state index in [9.17, 15) is 0 Å². The predicted octanol–water partition coefficient (Wildman–Crippen LogP) is -0.899. The Morgan fingerprint density at radius 2 is 2.00 bits per heavy atom. The van der Waals surface area contributed by atoms with Crippen molar-refractivity contribution in [3.8, 4) is 0 Å². The highest BCUT2D eigenvalue weighted by molar-refractivity contribution is 5.38. The molecule has 1 rings (SSSR count). The van der Waals surface area contributed by atoms with Gasteiger partial charge in [0.25, 0.3) is 0 Å². The van der Waals surface area contributed by atoms with Gasteiger partial charge in [-0.3, -0.25) is 0 Å². The highest BCUT2D eigenvalue weighted by Gasteiger charge is 2.05. The molecule has 0 aliphatic heterocycles. The molecule has 0 saturated carbocycles. The van der Waals surface area contributed by atoms with Gasteiger partial charge >= 0.3 is 0 Å². The van der Waals surface area contributed by atoms with Gasteiger partial charge in [0.2, 0.25) is 0 Å². The molecule has 0 radical (unpaired) electrons. The van der Waals surface area contributed by atoms with Gasteiger partial charge in [-0.15, -0.1) is 0 Å². The summed E-state index contributed by atoms with van der Waals surface area (Å²) in [4.78, 5) is 0. The Labute approximate surface area is 67.7 Å². The van der Waals surface area contributed by atoms with Crippen LogP contribution in [-0.4, -0.2) is 0 Å². The van der Waals surface area contributed by atoms with Crippen LogP contribution < -0.4 is 24.0 Å². The highest BCUT2D eigenvalue weighted by atomic mass is 127. The molecular formula is C7H9I. The predicted molar refractivity (Wildman–Crippen MR) is 31.8 cm³/mol. The summed E-state index contributed by atoms with van der Waals surface area (Å²) in [6, 6.07) is 0. The molecule has 0 unspecified atom stereocenters. The second kappa shape index (κ2) is 3.17. The molecule has 0 atom stereocenters. The van der Waals surface area contributed by atoms with E-state index in [1.54, 1.807) is 0 Å². The monoisotopic (exact) mass is 220 g/mol. The van der Waals surface area contributed by atoms with Gasteiger partial charge in [0.1, 0.15) is 0 Å². The van der Waals surface area contributed by atoms with Crippen LogP contribution in [0.25, 0.3) is 0 Å². The molecule has 0 aromatic heterocycles. The molecule has 0 aromatic carbocycles. The lowest BCUT2D eigenvalue weighted by atomic mass is 10.3. The Kier molecular flexibility index (Phi) is 3.21. The third kappa shape index (κ3) is 1.90. The van der Waals surface area contributed by atoms with E-state index in [0.29, 0.717) is 0 Å². The average Bonchev–Trinajstić information content (AvgIpc) is 1.87. The minimum Gasteiger partial charge on any atom is -1.00 e. The van der Waals surface area contributed by atoms with Crippen LogP contribution in [-0.2, 0) is 0 Å². The molecule has 1 aliphatic carbocycles. The van der Waals surface area contributed by atoms with Gasteiger partial charge < -0.3 is 24.0 Å². The van der Waals surface area contributed by atoms with Crippen LogP contribution in [0.15, 0.2) is 23.3 Å². The molecule has 0 spiro atoms. The molecule has 0 heterocycles. The zero-order chi connectivity index (χ0) is 5.28. The maximum atomic E-state index is 2.17. The van der Waals surface area contributed by atoms with Crippen molar-refractivity contribution < 1.29 is 24.0 Å². The first kappa shape index (κ1) is 8.08. The van der Waals surface area contributed by atoms with E-state index in [2.05, 4.69) is 32.4 Å². The molecule has 0 saturated heterocycles. The minimum absolute atomic E-state index is 0. The van der Waals surface area contributed by atoms with Crippen LogP contribution in [0.1, 0.15) is 13.8 Å². The van der Waals surface area contributed by atoms with Crippen molar-refractivity contribution >= 4 is 0 Å². The molecule has 0 amide bonds. The fraction of sp³-hybridized carbons (Fsp3) is 0.286. The maximum Gasteiger partial charge on any atom is 0.0903 e. The van der Waals surface area contributed by atoms with E-state index in [0.717, 1.165) is 0 Å². The van der Waals surface area contributed by atoms with Crippen LogP contribution in [0.2, 0.25) is 0 Å². The summed E-state index contributed by atoms with van der Waals surface area (Å²) in [6.45, 7) is 4.21. The normalized spacial score (nSPS) is 15.8. The van der Waals surface area contributed by atoms with Gasteiger partial charge in [0.15, 0.2) is 0 Å². The van der Waals surface area contributed by atoms with Crippen LogP contribution >= 0.6 is 0 Å². The fourth-order valence-electron chi connectivity index (χ4n) is 0.718. The molecule has 44 valence electrons. The number of hydrogen-bond donors (Lipinski definition) is 0. The summed E-state index contributed by atoms with van der Waals surface area (Å²) in [6.07, 6.45) is 6.41. The van der Waals surface area contributed by atoms with Crippen molar-refractivity contribution in [1.29, 1.82) is 0 Å². The molecule has 0 N–H and O–H groups in total. The van der Waals surface area contributed by atoms with Crippen molar-refractivity contribution in [1.82, 2.24) is 0 Å². The molecule has 0 fully saturated rings. The number of rotatable bonds is 0. The molecular weight excluding hydrogens is 211 g/mol. The lowest BCUT2D eigenvalue weighted by Gasteiger charge is -1.68. The van der Waals surface area contributed by atoms with Crippen molar-refractivity contribution in [2.24, 2.45) is 0 Å². The summed E-state index contributed by atoms with van der Waals surface area (Å²) in [5, 5.41) is 0. The third-order valence-electron chi connectivity index (χ3n) is 1.06. The van der Waals surface area contributed by atoms with Gasteiger partial charge in [0, 0.05) is 13.3 Å². The molecule has 0 bridgehead atoms. The standard InChI is InChI=1S/C7H9.HI/c1-6-3-4-7(2)5-6;/h3-5H,1-2H3;1H/q+1;/p-1. The van der Waals surface area contributed by atoms with Crippen molar-refractivity contribution in [3.05, 3.63) is 29.7 Å². The van der Waals surface area contributed by atoms with E-state index >= 15 is 0 Å². The summed E-state index contributed by atoms with van der Waals surface area (Å²) >= 11 is 0. The fourth-order valence-corrected chi connectivity index (χ4v) is 0.718. The van der Waals surface area contributed by atoms with Gasteiger partial charge in [-0.2, -0.15) is 0 Å². The first-order valence-electron chi connectivity index (χ1n) is 2.49. The SMILES string of the molecule is CC1=C[CH+]C(C)=C1.[I-]. The maximum absolute atomic E-state index is 2.17. The number of halogens is 1. The molecule has 0 nitrogen and oxygen atoms in total. The lowest BCUT2D eigenvalue weighted by Crippen LogP contribution is -3.00. The summed E-state index contributed by atoms with van der Waals surface area (Å²) in [5.41, 5.74) is 2.72. The van der Waals surface area contributed by atoms with Gasteiger partial charge in [0.05, 0.1) is 23.3 Å². The largest absolute Gasteiger partial charge is 1.00 e. The first-order valence-corrected chi connectivity index (χ1v) is 2.49. The molecule has 1 heteroatoms. The molecule has 1 aliphatic rings. The lowest BCUT2D eigenvalue weighted by molar-refractivity contribution is -0.00000156. The van der Waals surface area contributed by atoms with E-state index in [4.69, 9.17) is 0 Å². The summed E-state index contributed by atoms with van der Waals surface area (Å²) < 4.78 is 0. The first-order chi connectivity index (χ1) is 3.29. The van der Waals surface area contributed by atoms with Crippen LogP contribution in [0.4, 0.5) is 0 Å². The summed E-state index contributed by atoms with van der Waals surface area (Å²) in [7, 11) is 0.